The number of hydrogen-bond donors (Lipinski definition) is 1. The van der Waals surface area contributed by atoms with Gasteiger partial charge in [-0.2, -0.15) is 0 Å². The van der Waals surface area contributed by atoms with Crippen molar-refractivity contribution in [3.05, 3.63) is 35.9 Å². The SMILES string of the molecule is COC1C(C)CC2(c3ccccc3)CC1CC(C)(C)C2.NC=S. The minimum Gasteiger partial charge on any atom is -0.396 e. The number of rotatable bonds is 2. The van der Waals surface area contributed by atoms with Gasteiger partial charge in [0.1, 0.15) is 0 Å². The molecule has 0 heterocycles. The second-order valence-electron chi connectivity index (χ2n) is 8.17. The summed E-state index contributed by atoms with van der Waals surface area (Å²) in [6.07, 6.45) is 5.66. The highest BCUT2D eigenvalue weighted by molar-refractivity contribution is 7.78. The molecule has 2 nitrogen and oxygen atoms in total. The Morgan fingerprint density at radius 1 is 1.17 bits per heavy atom. The minimum atomic E-state index is 0.377. The van der Waals surface area contributed by atoms with Crippen molar-refractivity contribution in [2.75, 3.05) is 7.11 Å². The van der Waals surface area contributed by atoms with Gasteiger partial charge in [-0.3, -0.25) is 0 Å². The maximum absolute atomic E-state index is 5.86. The van der Waals surface area contributed by atoms with Crippen LogP contribution in [0.4, 0.5) is 0 Å². The Morgan fingerprint density at radius 3 is 2.35 bits per heavy atom. The van der Waals surface area contributed by atoms with Crippen molar-refractivity contribution < 1.29 is 4.74 Å². The summed E-state index contributed by atoms with van der Waals surface area (Å²) < 4.78 is 5.86. The average molecular weight is 334 g/mol. The largest absolute Gasteiger partial charge is 0.396 e. The van der Waals surface area contributed by atoms with Gasteiger partial charge in [0.25, 0.3) is 0 Å². The van der Waals surface area contributed by atoms with E-state index in [0.717, 1.165) is 5.49 Å². The zero-order valence-corrected chi connectivity index (χ0v) is 15.7. The standard InChI is InChI=1S/C19H28O.CH3NS/c1-14-10-19(16-8-6-5-7-9-16)12-15(17(14)20-4)11-18(2,3)13-19;2-1-3/h5-9,14-15,17H,10-13H2,1-4H3;1H,(H2,2,3). The maximum atomic E-state index is 5.86. The minimum absolute atomic E-state index is 0.377. The molecule has 3 rings (SSSR count). The fourth-order valence-corrected chi connectivity index (χ4v) is 5.48. The van der Waals surface area contributed by atoms with Crippen molar-refractivity contribution in [3.8, 4) is 0 Å². The van der Waals surface area contributed by atoms with E-state index in [1.54, 1.807) is 5.56 Å². The number of benzene rings is 1. The predicted molar refractivity (Wildman–Crippen MR) is 102 cm³/mol. The molecule has 1 aromatic carbocycles. The Labute approximate surface area is 146 Å². The summed E-state index contributed by atoms with van der Waals surface area (Å²) in [4.78, 5) is 0. The lowest BCUT2D eigenvalue weighted by atomic mass is 9.50. The van der Waals surface area contributed by atoms with Crippen molar-refractivity contribution in [2.24, 2.45) is 23.0 Å². The number of methoxy groups -OCH3 is 1. The van der Waals surface area contributed by atoms with Gasteiger partial charge in [-0.1, -0.05) is 63.3 Å². The number of ether oxygens (including phenoxy) is 1. The molecule has 0 spiro atoms. The Kier molecular flexibility index (Phi) is 5.85. The summed E-state index contributed by atoms with van der Waals surface area (Å²) in [5, 5.41) is 0. The second-order valence-corrected chi connectivity index (χ2v) is 8.45. The topological polar surface area (TPSA) is 35.2 Å². The Bertz CT molecular complexity index is 512. The molecular formula is C20H31NOS. The lowest BCUT2D eigenvalue weighted by Crippen LogP contribution is -2.52. The van der Waals surface area contributed by atoms with Crippen LogP contribution >= 0.6 is 12.2 Å². The monoisotopic (exact) mass is 333 g/mol. The lowest BCUT2D eigenvalue weighted by Gasteiger charge is -2.56. The van der Waals surface area contributed by atoms with E-state index in [4.69, 9.17) is 4.74 Å². The third kappa shape index (κ3) is 3.95. The van der Waals surface area contributed by atoms with Crippen molar-refractivity contribution in [3.63, 3.8) is 0 Å². The van der Waals surface area contributed by atoms with E-state index in [1.807, 2.05) is 7.11 Å². The van der Waals surface area contributed by atoms with Gasteiger partial charge in [0.2, 0.25) is 0 Å². The predicted octanol–water partition coefficient (Wildman–Crippen LogP) is 4.71. The van der Waals surface area contributed by atoms with Crippen LogP contribution in [0, 0.1) is 17.3 Å². The van der Waals surface area contributed by atoms with Gasteiger partial charge in [0, 0.05) is 7.11 Å². The quantitative estimate of drug-likeness (QED) is 0.796. The number of fused-ring (bicyclic) bond motifs is 2. The van der Waals surface area contributed by atoms with E-state index >= 15 is 0 Å². The van der Waals surface area contributed by atoms with Gasteiger partial charge >= 0.3 is 0 Å². The van der Waals surface area contributed by atoms with Crippen LogP contribution in [0.5, 0.6) is 0 Å². The lowest BCUT2D eigenvalue weighted by molar-refractivity contribution is -0.0866. The van der Waals surface area contributed by atoms with Crippen molar-refractivity contribution in [1.82, 2.24) is 0 Å². The van der Waals surface area contributed by atoms with E-state index < -0.39 is 0 Å². The summed E-state index contributed by atoms with van der Waals surface area (Å²) in [7, 11) is 1.90. The molecule has 23 heavy (non-hydrogen) atoms. The molecule has 128 valence electrons. The van der Waals surface area contributed by atoms with Gasteiger partial charge in [0.05, 0.1) is 11.6 Å². The van der Waals surface area contributed by atoms with Crippen LogP contribution in [0.2, 0.25) is 0 Å². The molecule has 0 aromatic heterocycles. The normalized spacial score (nSPS) is 34.9. The van der Waals surface area contributed by atoms with E-state index in [0.29, 0.717) is 28.8 Å². The van der Waals surface area contributed by atoms with E-state index in [2.05, 4.69) is 69.1 Å². The molecule has 2 bridgehead atoms. The summed E-state index contributed by atoms with van der Waals surface area (Å²) >= 11 is 4.05. The molecule has 2 saturated carbocycles. The first-order valence-corrected chi connectivity index (χ1v) is 9.08. The fourth-order valence-electron chi connectivity index (χ4n) is 5.48. The van der Waals surface area contributed by atoms with Crippen LogP contribution < -0.4 is 5.73 Å². The third-order valence-electron chi connectivity index (χ3n) is 5.68. The first kappa shape index (κ1) is 18.4. The van der Waals surface area contributed by atoms with Gasteiger partial charge in [-0.25, -0.2) is 0 Å². The fraction of sp³-hybridized carbons (Fsp3) is 0.650. The second kappa shape index (κ2) is 7.31. The van der Waals surface area contributed by atoms with Crippen molar-refractivity contribution in [1.29, 1.82) is 0 Å². The molecule has 2 fully saturated rings. The van der Waals surface area contributed by atoms with Gasteiger partial charge < -0.3 is 10.5 Å². The Hall–Kier alpha value is -0.930. The highest BCUT2D eigenvalue weighted by Crippen LogP contribution is 2.58. The molecule has 0 radical (unpaired) electrons. The molecule has 2 aliphatic carbocycles. The van der Waals surface area contributed by atoms with Crippen molar-refractivity contribution >= 4 is 17.7 Å². The summed E-state index contributed by atoms with van der Waals surface area (Å²) in [5.74, 6) is 1.38. The molecule has 0 aliphatic heterocycles. The van der Waals surface area contributed by atoms with Gasteiger partial charge in [-0.05, 0) is 53.9 Å². The summed E-state index contributed by atoms with van der Waals surface area (Å²) in [5.41, 5.74) is 7.98. The first-order chi connectivity index (χ1) is 10.9. The van der Waals surface area contributed by atoms with E-state index in [-0.39, 0.29) is 0 Å². The molecule has 0 amide bonds. The zero-order chi connectivity index (χ0) is 17.1. The summed E-state index contributed by atoms with van der Waals surface area (Å²) in [6, 6.07) is 11.2. The molecule has 4 atom stereocenters. The zero-order valence-electron chi connectivity index (χ0n) is 14.9. The highest BCUT2D eigenvalue weighted by atomic mass is 32.1. The molecule has 4 unspecified atom stereocenters. The van der Waals surface area contributed by atoms with E-state index in [9.17, 15) is 0 Å². The first-order valence-electron chi connectivity index (χ1n) is 8.61. The number of thiocarbonyl (C=S) groups is 1. The highest BCUT2D eigenvalue weighted by Gasteiger charge is 2.52. The van der Waals surface area contributed by atoms with Crippen molar-refractivity contribution in [2.45, 2.75) is 58.0 Å². The molecule has 2 aliphatic rings. The van der Waals surface area contributed by atoms with Crippen LogP contribution in [-0.4, -0.2) is 18.7 Å². The smallest absolute Gasteiger partial charge is 0.0625 e. The van der Waals surface area contributed by atoms with Crippen LogP contribution in [0.25, 0.3) is 0 Å². The van der Waals surface area contributed by atoms with Gasteiger partial charge in [-0.15, -0.1) is 0 Å². The number of nitrogens with two attached hydrogens (primary N) is 1. The Morgan fingerprint density at radius 2 is 1.78 bits per heavy atom. The molecule has 1 aromatic rings. The van der Waals surface area contributed by atoms with Crippen LogP contribution in [0.15, 0.2) is 30.3 Å². The molecule has 2 N–H and O–H groups in total. The summed E-state index contributed by atoms with van der Waals surface area (Å²) in [6.45, 7) is 7.27. The molecule has 0 saturated heterocycles. The third-order valence-corrected chi connectivity index (χ3v) is 5.68. The van der Waals surface area contributed by atoms with Crippen LogP contribution in [-0.2, 0) is 10.2 Å². The van der Waals surface area contributed by atoms with Crippen LogP contribution in [0.1, 0.15) is 52.0 Å². The maximum Gasteiger partial charge on any atom is 0.0625 e. The average Bonchev–Trinajstić information content (AvgIpc) is 2.47. The molecule has 3 heteroatoms. The Balaban J connectivity index is 0.000000595. The van der Waals surface area contributed by atoms with E-state index in [1.165, 1.54) is 25.7 Å². The number of hydrogen-bond acceptors (Lipinski definition) is 2. The molecular weight excluding hydrogens is 302 g/mol. The van der Waals surface area contributed by atoms with Crippen LogP contribution in [0.3, 0.4) is 0 Å². The van der Waals surface area contributed by atoms with Gasteiger partial charge in [0.15, 0.2) is 0 Å².